The maximum Gasteiger partial charge on any atom is 0.0746 e. The van der Waals surface area contributed by atoms with Crippen LogP contribution in [-0.2, 0) is 6.54 Å². The molecule has 2 bridgehead atoms. The summed E-state index contributed by atoms with van der Waals surface area (Å²) in [5, 5.41) is 5.27. The lowest BCUT2D eigenvalue weighted by Crippen LogP contribution is -2.64. The summed E-state index contributed by atoms with van der Waals surface area (Å²) in [6.07, 6.45) is 4.49. The average Bonchev–Trinajstić information content (AvgIpc) is 2.90. The van der Waals surface area contributed by atoms with Crippen molar-refractivity contribution in [1.82, 2.24) is 15.2 Å². The molecule has 4 heterocycles. The Morgan fingerprint density at radius 1 is 0.794 bits per heavy atom. The van der Waals surface area contributed by atoms with Crippen molar-refractivity contribution in [1.29, 1.82) is 0 Å². The van der Waals surface area contributed by atoms with Gasteiger partial charge in [-0.05, 0) is 54.6 Å². The fourth-order valence-corrected chi connectivity index (χ4v) is 6.23. The van der Waals surface area contributed by atoms with Gasteiger partial charge in [0.25, 0.3) is 0 Å². The second-order valence-corrected chi connectivity index (χ2v) is 9.56. The largest absolute Gasteiger partial charge is 0.308 e. The van der Waals surface area contributed by atoms with Crippen LogP contribution >= 0.6 is 12.4 Å². The average molecular weight is 470 g/mol. The Morgan fingerprint density at radius 3 is 2.12 bits per heavy atom. The maximum absolute atomic E-state index is 4.69. The fourth-order valence-electron chi connectivity index (χ4n) is 6.23. The first-order valence-electron chi connectivity index (χ1n) is 12.3. The van der Waals surface area contributed by atoms with Gasteiger partial charge >= 0.3 is 0 Å². The minimum absolute atomic E-state index is 0. The summed E-state index contributed by atoms with van der Waals surface area (Å²) in [6.45, 7) is 3.27. The second-order valence-electron chi connectivity index (χ2n) is 9.56. The Bertz CT molecular complexity index is 1160. The molecule has 3 aromatic carbocycles. The monoisotopic (exact) mass is 469 g/mol. The van der Waals surface area contributed by atoms with E-state index in [1.54, 1.807) is 0 Å². The summed E-state index contributed by atoms with van der Waals surface area (Å²) in [7, 11) is 0. The molecule has 2 unspecified atom stereocenters. The van der Waals surface area contributed by atoms with Crippen LogP contribution in [0.5, 0.6) is 0 Å². The number of fused-ring (bicyclic) bond motifs is 4. The van der Waals surface area contributed by atoms with E-state index in [0.29, 0.717) is 18.0 Å². The summed E-state index contributed by atoms with van der Waals surface area (Å²) in [4.78, 5) is 7.45. The topological polar surface area (TPSA) is 28.2 Å². The molecule has 3 saturated heterocycles. The molecule has 2 atom stereocenters. The van der Waals surface area contributed by atoms with Crippen molar-refractivity contribution in [2.75, 3.05) is 13.1 Å². The van der Waals surface area contributed by atoms with Crippen molar-refractivity contribution in [3.05, 3.63) is 114 Å². The molecule has 3 nitrogen and oxygen atoms in total. The van der Waals surface area contributed by atoms with Gasteiger partial charge in [-0.1, -0.05) is 84.9 Å². The smallest absolute Gasteiger partial charge is 0.0746 e. The first-order valence-corrected chi connectivity index (χ1v) is 12.3. The Kier molecular flexibility index (Phi) is 6.96. The molecule has 3 aliphatic rings. The zero-order valence-corrected chi connectivity index (χ0v) is 20.2. The van der Waals surface area contributed by atoms with Gasteiger partial charge < -0.3 is 5.32 Å². The summed E-state index contributed by atoms with van der Waals surface area (Å²) < 4.78 is 0. The molecule has 3 fully saturated rings. The molecular weight excluding hydrogens is 438 g/mol. The zero-order chi connectivity index (χ0) is 22.0. The number of hydrogen-bond acceptors (Lipinski definition) is 3. The highest BCUT2D eigenvalue weighted by atomic mass is 35.5. The minimum atomic E-state index is 0. The third-order valence-corrected chi connectivity index (χ3v) is 7.78. The number of hydrogen-bond donors (Lipinski definition) is 1. The van der Waals surface area contributed by atoms with E-state index in [-0.39, 0.29) is 12.4 Å². The van der Waals surface area contributed by atoms with Crippen LogP contribution < -0.4 is 5.32 Å². The number of aromatic nitrogens is 1. The molecule has 7 rings (SSSR count). The maximum atomic E-state index is 4.69. The summed E-state index contributed by atoms with van der Waals surface area (Å²) in [5.41, 5.74) is 5.24. The first-order chi connectivity index (χ1) is 16.4. The quantitative estimate of drug-likeness (QED) is 0.373. The van der Waals surface area contributed by atoms with Gasteiger partial charge in [0.05, 0.1) is 5.52 Å². The predicted octanol–water partition coefficient (Wildman–Crippen LogP) is 6.04. The van der Waals surface area contributed by atoms with Crippen LogP contribution in [0.3, 0.4) is 0 Å². The summed E-state index contributed by atoms with van der Waals surface area (Å²) >= 11 is 0. The van der Waals surface area contributed by atoms with Gasteiger partial charge in [0.2, 0.25) is 0 Å². The van der Waals surface area contributed by atoms with Gasteiger partial charge in [-0.25, -0.2) is 0 Å². The number of pyridine rings is 1. The van der Waals surface area contributed by atoms with Crippen LogP contribution in [-0.4, -0.2) is 35.1 Å². The number of nitrogens with one attached hydrogen (secondary N) is 1. The van der Waals surface area contributed by atoms with Crippen LogP contribution in [0.1, 0.15) is 35.4 Å². The van der Waals surface area contributed by atoms with E-state index in [1.807, 2.05) is 12.3 Å². The SMILES string of the molecule is Cl.c1ccc(C(c2ccccc2)C2C(NCc3cccc4cccnc34)C3CCN2CC3)cc1. The lowest BCUT2D eigenvalue weighted by atomic mass is 9.70. The minimum Gasteiger partial charge on any atom is -0.308 e. The zero-order valence-electron chi connectivity index (χ0n) is 19.4. The lowest BCUT2D eigenvalue weighted by Gasteiger charge is -2.54. The fraction of sp³-hybridized carbons (Fsp3) is 0.300. The van der Waals surface area contributed by atoms with Crippen LogP contribution in [0, 0.1) is 5.92 Å². The van der Waals surface area contributed by atoms with Crippen molar-refractivity contribution in [2.45, 2.75) is 37.4 Å². The molecule has 0 saturated carbocycles. The molecule has 174 valence electrons. The van der Waals surface area contributed by atoms with Crippen LogP contribution in [0.4, 0.5) is 0 Å². The first kappa shape index (κ1) is 23.0. The summed E-state index contributed by atoms with van der Waals surface area (Å²) in [6, 6.07) is 33.9. The third kappa shape index (κ3) is 4.36. The Balaban J connectivity index is 0.00000241. The van der Waals surface area contributed by atoms with Crippen molar-refractivity contribution in [3.8, 4) is 0 Å². The molecule has 0 aliphatic carbocycles. The molecule has 4 aromatic rings. The lowest BCUT2D eigenvalue weighted by molar-refractivity contribution is 0.00471. The number of piperidine rings is 3. The second kappa shape index (κ2) is 10.3. The van der Waals surface area contributed by atoms with E-state index >= 15 is 0 Å². The molecule has 3 aliphatic heterocycles. The van der Waals surface area contributed by atoms with Gasteiger partial charge in [-0.3, -0.25) is 9.88 Å². The molecule has 1 aromatic heterocycles. The molecule has 34 heavy (non-hydrogen) atoms. The van der Waals surface area contributed by atoms with E-state index in [0.717, 1.165) is 18.0 Å². The molecule has 0 amide bonds. The molecule has 0 radical (unpaired) electrons. The van der Waals surface area contributed by atoms with Crippen LogP contribution in [0.15, 0.2) is 97.2 Å². The number of benzene rings is 3. The van der Waals surface area contributed by atoms with Gasteiger partial charge in [0, 0.05) is 36.1 Å². The molecule has 1 N–H and O–H groups in total. The van der Waals surface area contributed by atoms with E-state index in [2.05, 4.69) is 95.1 Å². The summed E-state index contributed by atoms with van der Waals surface area (Å²) in [5.74, 6) is 1.08. The van der Waals surface area contributed by atoms with Gasteiger partial charge in [-0.2, -0.15) is 0 Å². The Morgan fingerprint density at radius 2 is 1.44 bits per heavy atom. The van der Waals surface area contributed by atoms with Crippen molar-refractivity contribution >= 4 is 23.3 Å². The van der Waals surface area contributed by atoms with E-state index < -0.39 is 0 Å². The van der Waals surface area contributed by atoms with Crippen LogP contribution in [0.2, 0.25) is 0 Å². The highest BCUT2D eigenvalue weighted by molar-refractivity contribution is 5.85. The number of nitrogens with zero attached hydrogens (tertiary/aromatic N) is 2. The van der Waals surface area contributed by atoms with Crippen molar-refractivity contribution < 1.29 is 0 Å². The van der Waals surface area contributed by atoms with Crippen LogP contribution in [0.25, 0.3) is 10.9 Å². The normalized spacial score (nSPS) is 23.7. The van der Waals surface area contributed by atoms with Crippen molar-refractivity contribution in [3.63, 3.8) is 0 Å². The molecule has 0 spiro atoms. The van der Waals surface area contributed by atoms with E-state index in [9.17, 15) is 0 Å². The Hall–Kier alpha value is -2.72. The number of para-hydroxylation sites is 1. The standard InChI is InChI=1S/C30H31N3.ClH/c1-3-9-22(10-4-1)27(23-11-5-2-6-12-23)30-29(25-16-19-33(30)20-17-25)32-21-26-14-7-13-24-15-8-18-31-28(24)26;/h1-15,18,25,27,29-30,32H,16-17,19-21H2;1H. The highest BCUT2D eigenvalue weighted by Gasteiger charge is 2.46. The number of rotatable bonds is 6. The number of halogens is 1. The third-order valence-electron chi connectivity index (χ3n) is 7.78. The predicted molar refractivity (Wildman–Crippen MR) is 142 cm³/mol. The molecular formula is C30H32ClN3. The Labute approximate surface area is 208 Å². The highest BCUT2D eigenvalue weighted by Crippen LogP contribution is 2.42. The molecule has 4 heteroatoms. The van der Waals surface area contributed by atoms with E-state index in [4.69, 9.17) is 4.98 Å². The van der Waals surface area contributed by atoms with Crippen molar-refractivity contribution in [2.24, 2.45) is 5.92 Å². The van der Waals surface area contributed by atoms with Gasteiger partial charge in [-0.15, -0.1) is 12.4 Å². The van der Waals surface area contributed by atoms with Gasteiger partial charge in [0.1, 0.15) is 0 Å². The van der Waals surface area contributed by atoms with Gasteiger partial charge in [0.15, 0.2) is 0 Å². The van der Waals surface area contributed by atoms with E-state index in [1.165, 1.54) is 48.0 Å².